The molecule has 2 aromatic rings. The third kappa shape index (κ3) is 5.70. The van der Waals surface area contributed by atoms with Gasteiger partial charge in [-0.25, -0.2) is 4.79 Å². The van der Waals surface area contributed by atoms with Gasteiger partial charge in [0.15, 0.2) is 0 Å². The van der Waals surface area contributed by atoms with Crippen molar-refractivity contribution in [2.24, 2.45) is 5.92 Å². The standard InChI is InChI=1S/C26H34O2/c1-3-5-7-9-21-10-13-23-19-24(15-14-22(23)18-21)26(27)28-25-16-11-20(12-17-25)8-6-4-2/h11-12,14-17,19,21H,3-10,13,18H2,1-2H3. The Labute approximate surface area is 170 Å². The van der Waals surface area contributed by atoms with Crippen molar-refractivity contribution in [3.63, 3.8) is 0 Å². The molecule has 28 heavy (non-hydrogen) atoms. The van der Waals surface area contributed by atoms with Crippen molar-refractivity contribution in [1.29, 1.82) is 0 Å². The molecule has 1 aliphatic rings. The monoisotopic (exact) mass is 378 g/mol. The van der Waals surface area contributed by atoms with Crippen LogP contribution in [0, 0.1) is 5.92 Å². The predicted molar refractivity (Wildman–Crippen MR) is 116 cm³/mol. The third-order valence-electron chi connectivity index (χ3n) is 5.94. The van der Waals surface area contributed by atoms with Crippen LogP contribution in [0.1, 0.15) is 85.8 Å². The fourth-order valence-corrected chi connectivity index (χ4v) is 4.16. The Kier molecular flexibility index (Phi) is 7.71. The van der Waals surface area contributed by atoms with Crippen molar-refractivity contribution in [3.8, 4) is 5.75 Å². The number of esters is 1. The van der Waals surface area contributed by atoms with Crippen molar-refractivity contribution in [2.75, 3.05) is 0 Å². The first-order valence-electron chi connectivity index (χ1n) is 11.1. The number of unbranched alkanes of at least 4 members (excludes halogenated alkanes) is 3. The Balaban J connectivity index is 1.58. The van der Waals surface area contributed by atoms with Gasteiger partial charge in [0.2, 0.25) is 0 Å². The summed E-state index contributed by atoms with van der Waals surface area (Å²) in [6, 6.07) is 14.1. The topological polar surface area (TPSA) is 26.3 Å². The summed E-state index contributed by atoms with van der Waals surface area (Å²) in [6.45, 7) is 4.46. The van der Waals surface area contributed by atoms with Crippen LogP contribution in [0.4, 0.5) is 0 Å². The van der Waals surface area contributed by atoms with E-state index in [0.29, 0.717) is 11.3 Å². The smallest absolute Gasteiger partial charge is 0.343 e. The molecule has 0 aliphatic heterocycles. The summed E-state index contributed by atoms with van der Waals surface area (Å²) < 4.78 is 5.60. The predicted octanol–water partition coefficient (Wildman–Crippen LogP) is 6.93. The molecule has 0 heterocycles. The van der Waals surface area contributed by atoms with Crippen LogP contribution in [0.3, 0.4) is 0 Å². The normalized spacial score (nSPS) is 15.9. The molecule has 1 atom stereocenters. The molecule has 0 spiro atoms. The van der Waals surface area contributed by atoms with Crippen molar-refractivity contribution in [2.45, 2.75) is 78.1 Å². The summed E-state index contributed by atoms with van der Waals surface area (Å²) in [5.74, 6) is 1.18. The van der Waals surface area contributed by atoms with Gasteiger partial charge in [-0.2, -0.15) is 0 Å². The van der Waals surface area contributed by atoms with E-state index in [1.54, 1.807) is 0 Å². The maximum Gasteiger partial charge on any atom is 0.343 e. The number of benzene rings is 2. The molecule has 2 nitrogen and oxygen atoms in total. The van der Waals surface area contributed by atoms with E-state index in [4.69, 9.17) is 4.74 Å². The van der Waals surface area contributed by atoms with E-state index in [9.17, 15) is 4.79 Å². The second kappa shape index (κ2) is 10.5. The lowest BCUT2D eigenvalue weighted by molar-refractivity contribution is 0.0734. The van der Waals surface area contributed by atoms with Gasteiger partial charge in [-0.15, -0.1) is 0 Å². The lowest BCUT2D eigenvalue weighted by Gasteiger charge is -2.25. The van der Waals surface area contributed by atoms with Gasteiger partial charge in [-0.05, 0) is 79.0 Å². The van der Waals surface area contributed by atoms with Gasteiger partial charge >= 0.3 is 5.97 Å². The van der Waals surface area contributed by atoms with Gasteiger partial charge < -0.3 is 4.74 Å². The number of carbonyl (C=O) groups is 1. The summed E-state index contributed by atoms with van der Waals surface area (Å²) >= 11 is 0. The molecule has 0 saturated carbocycles. The van der Waals surface area contributed by atoms with Gasteiger partial charge in [-0.1, -0.05) is 64.2 Å². The molecule has 0 saturated heterocycles. The quantitative estimate of drug-likeness (QED) is 0.268. The number of hydrogen-bond acceptors (Lipinski definition) is 2. The van der Waals surface area contributed by atoms with Gasteiger partial charge in [0.05, 0.1) is 5.56 Å². The van der Waals surface area contributed by atoms with Gasteiger partial charge in [0, 0.05) is 0 Å². The lowest BCUT2D eigenvalue weighted by Crippen LogP contribution is -2.16. The average molecular weight is 379 g/mol. The Morgan fingerprint density at radius 2 is 1.75 bits per heavy atom. The number of rotatable bonds is 9. The van der Waals surface area contributed by atoms with E-state index in [1.165, 1.54) is 61.6 Å². The highest BCUT2D eigenvalue weighted by Gasteiger charge is 2.20. The van der Waals surface area contributed by atoms with Crippen LogP contribution in [0.5, 0.6) is 5.75 Å². The summed E-state index contributed by atoms with van der Waals surface area (Å²) in [6.07, 6.45) is 12.3. The van der Waals surface area contributed by atoms with E-state index < -0.39 is 0 Å². The van der Waals surface area contributed by atoms with Crippen molar-refractivity contribution in [3.05, 3.63) is 64.7 Å². The summed E-state index contributed by atoms with van der Waals surface area (Å²) in [7, 11) is 0. The minimum atomic E-state index is -0.255. The second-order valence-electron chi connectivity index (χ2n) is 8.23. The fraction of sp³-hybridized carbons (Fsp3) is 0.500. The molecule has 1 unspecified atom stereocenters. The van der Waals surface area contributed by atoms with Crippen LogP contribution in [-0.4, -0.2) is 5.97 Å². The molecule has 0 fully saturated rings. The highest BCUT2D eigenvalue weighted by Crippen LogP contribution is 2.30. The third-order valence-corrected chi connectivity index (χ3v) is 5.94. The zero-order chi connectivity index (χ0) is 19.8. The van der Waals surface area contributed by atoms with Crippen LogP contribution in [-0.2, 0) is 19.3 Å². The maximum atomic E-state index is 12.6. The zero-order valence-electron chi connectivity index (χ0n) is 17.5. The van der Waals surface area contributed by atoms with Crippen LogP contribution < -0.4 is 4.74 Å². The first kappa shape index (κ1) is 20.6. The average Bonchev–Trinajstić information content (AvgIpc) is 2.73. The van der Waals surface area contributed by atoms with Crippen molar-refractivity contribution in [1.82, 2.24) is 0 Å². The van der Waals surface area contributed by atoms with Crippen molar-refractivity contribution >= 4 is 5.97 Å². The Hall–Kier alpha value is -2.09. The highest BCUT2D eigenvalue weighted by molar-refractivity contribution is 5.91. The molecule has 0 bridgehead atoms. The molecule has 3 rings (SSSR count). The first-order valence-corrected chi connectivity index (χ1v) is 11.1. The number of carbonyl (C=O) groups excluding carboxylic acids is 1. The van der Waals surface area contributed by atoms with E-state index >= 15 is 0 Å². The molecular weight excluding hydrogens is 344 g/mol. The Morgan fingerprint density at radius 3 is 2.50 bits per heavy atom. The first-order chi connectivity index (χ1) is 13.7. The van der Waals surface area contributed by atoms with E-state index in [1.807, 2.05) is 18.2 Å². The highest BCUT2D eigenvalue weighted by atomic mass is 16.5. The van der Waals surface area contributed by atoms with Crippen LogP contribution >= 0.6 is 0 Å². The summed E-state index contributed by atoms with van der Waals surface area (Å²) in [5, 5.41) is 0. The van der Waals surface area contributed by atoms with Gasteiger partial charge in [-0.3, -0.25) is 0 Å². The number of hydrogen-bond donors (Lipinski definition) is 0. The molecule has 0 amide bonds. The minimum absolute atomic E-state index is 0.255. The second-order valence-corrected chi connectivity index (χ2v) is 8.23. The summed E-state index contributed by atoms with van der Waals surface area (Å²) in [5.41, 5.74) is 4.71. The number of aryl methyl sites for hydroxylation is 2. The molecule has 2 aromatic carbocycles. The largest absolute Gasteiger partial charge is 0.423 e. The van der Waals surface area contributed by atoms with Crippen LogP contribution in [0.2, 0.25) is 0 Å². The summed E-state index contributed by atoms with van der Waals surface area (Å²) in [4.78, 5) is 12.6. The Bertz CT molecular complexity index is 761. The number of fused-ring (bicyclic) bond motifs is 1. The van der Waals surface area contributed by atoms with Crippen LogP contribution in [0.15, 0.2) is 42.5 Å². The lowest BCUT2D eigenvalue weighted by atomic mass is 9.81. The zero-order valence-corrected chi connectivity index (χ0v) is 17.5. The molecule has 0 N–H and O–H groups in total. The molecule has 0 aromatic heterocycles. The fourth-order valence-electron chi connectivity index (χ4n) is 4.16. The molecule has 0 radical (unpaired) electrons. The van der Waals surface area contributed by atoms with E-state index in [2.05, 4.69) is 38.1 Å². The maximum absolute atomic E-state index is 12.6. The molecule has 150 valence electrons. The minimum Gasteiger partial charge on any atom is -0.423 e. The SMILES string of the molecule is CCCCCC1CCc2cc(C(=O)Oc3ccc(CCCC)cc3)ccc2C1. The van der Waals surface area contributed by atoms with Gasteiger partial charge in [0.25, 0.3) is 0 Å². The van der Waals surface area contributed by atoms with E-state index in [-0.39, 0.29) is 5.97 Å². The van der Waals surface area contributed by atoms with Crippen LogP contribution in [0.25, 0.3) is 0 Å². The van der Waals surface area contributed by atoms with E-state index in [0.717, 1.165) is 25.2 Å². The molecule has 1 aliphatic carbocycles. The Morgan fingerprint density at radius 1 is 0.964 bits per heavy atom. The molecule has 2 heteroatoms. The molecular formula is C26H34O2. The number of ether oxygens (including phenoxy) is 1. The van der Waals surface area contributed by atoms with Gasteiger partial charge in [0.1, 0.15) is 5.75 Å². The van der Waals surface area contributed by atoms with Crippen molar-refractivity contribution < 1.29 is 9.53 Å².